The van der Waals surface area contributed by atoms with Crippen molar-refractivity contribution in [2.24, 2.45) is 0 Å². The third-order valence-corrected chi connectivity index (χ3v) is 23.4. The molecule has 0 unspecified atom stereocenters. The molecule has 22 rings (SSSR count). The highest BCUT2D eigenvalue weighted by Gasteiger charge is 2.27. The smallest absolute Gasteiger partial charge is 0.164 e. The van der Waals surface area contributed by atoms with E-state index in [1.54, 1.807) is 0 Å². The molecule has 112 heavy (non-hydrogen) atoms. The van der Waals surface area contributed by atoms with Crippen LogP contribution in [0.2, 0.25) is 0 Å². The second kappa shape index (κ2) is 27.9. The van der Waals surface area contributed by atoms with Crippen LogP contribution in [0, 0.1) is 0 Å². The van der Waals surface area contributed by atoms with Gasteiger partial charge in [-0.15, -0.1) is 22.7 Å². The Balaban J connectivity index is 0.000000141. The van der Waals surface area contributed by atoms with E-state index in [1.807, 2.05) is 120 Å². The molecule has 8 aromatic heterocycles. The fourth-order valence-electron chi connectivity index (χ4n) is 15.6. The maximum atomic E-state index is 5.33. The molecule has 0 fully saturated rings. The van der Waals surface area contributed by atoms with Crippen molar-refractivity contribution in [3.8, 4) is 124 Å². The van der Waals surface area contributed by atoms with Gasteiger partial charge in [-0.3, -0.25) is 0 Å². The summed E-state index contributed by atoms with van der Waals surface area (Å²) in [6, 6.07) is 131. The summed E-state index contributed by atoms with van der Waals surface area (Å²) in [5.41, 5.74) is 23.2. The first-order valence-electron chi connectivity index (χ1n) is 37.3. The Kier molecular flexibility index (Phi) is 16.4. The molecule has 0 spiro atoms. The third-order valence-electron chi connectivity index (χ3n) is 20.9. The number of nitrogens with zero attached hydrogens (tertiary/aromatic N) is 10. The van der Waals surface area contributed by atoms with Gasteiger partial charge in [0, 0.05) is 97.6 Å². The fourth-order valence-corrected chi connectivity index (χ4v) is 18.3. The van der Waals surface area contributed by atoms with Gasteiger partial charge in [-0.25, -0.2) is 39.9 Å². The lowest BCUT2D eigenvalue weighted by molar-refractivity contribution is 1.07. The number of thiophene rings is 2. The lowest BCUT2D eigenvalue weighted by atomic mass is 10.0. The Labute approximate surface area is 652 Å². The molecule has 12 heteroatoms. The lowest BCUT2D eigenvalue weighted by Gasteiger charge is -2.13. The minimum atomic E-state index is 0.614. The number of benzene rings is 14. The van der Waals surface area contributed by atoms with Crippen LogP contribution in [0.25, 0.3) is 209 Å². The third kappa shape index (κ3) is 11.7. The van der Waals surface area contributed by atoms with Gasteiger partial charge in [0.2, 0.25) is 0 Å². The van der Waals surface area contributed by atoms with Crippen molar-refractivity contribution in [1.82, 2.24) is 49.0 Å². The van der Waals surface area contributed by atoms with Crippen LogP contribution in [0.4, 0.5) is 0 Å². The topological polar surface area (TPSA) is 113 Å². The van der Waals surface area contributed by atoms with Crippen molar-refractivity contribution in [3.05, 3.63) is 376 Å². The summed E-state index contributed by atoms with van der Waals surface area (Å²) < 4.78 is 9.84. The Hall–Kier alpha value is -14.6. The second-order valence-electron chi connectivity index (χ2n) is 27.7. The summed E-state index contributed by atoms with van der Waals surface area (Å²) in [5.74, 6) is 3.82. The van der Waals surface area contributed by atoms with E-state index in [4.69, 9.17) is 39.9 Å². The Bertz CT molecular complexity index is 7260. The Morgan fingerprint density at radius 1 is 0.188 bits per heavy atom. The van der Waals surface area contributed by atoms with Crippen molar-refractivity contribution in [1.29, 1.82) is 0 Å². The number of pyridine rings is 2. The highest BCUT2D eigenvalue weighted by atomic mass is 32.1. The number of fused-ring (bicyclic) bond motifs is 14. The molecule has 10 nitrogen and oxygen atoms in total. The van der Waals surface area contributed by atoms with Gasteiger partial charge in [0.05, 0.1) is 53.9 Å². The molecule has 0 aliphatic carbocycles. The molecule has 14 aromatic carbocycles. The first kappa shape index (κ1) is 65.7. The zero-order chi connectivity index (χ0) is 74.0. The molecule has 0 saturated heterocycles. The van der Waals surface area contributed by atoms with Crippen LogP contribution in [0.15, 0.2) is 376 Å². The molecule has 0 aliphatic heterocycles. The number of aromatic nitrogens is 10. The summed E-state index contributed by atoms with van der Waals surface area (Å²) in [4.78, 5) is 40.6. The van der Waals surface area contributed by atoms with Gasteiger partial charge in [0.1, 0.15) is 0 Å². The Morgan fingerprint density at radius 2 is 0.464 bits per heavy atom. The zero-order valence-corrected chi connectivity index (χ0v) is 61.7. The van der Waals surface area contributed by atoms with Crippen molar-refractivity contribution in [2.45, 2.75) is 0 Å². The molecule has 0 N–H and O–H groups in total. The molecular weight excluding hydrogens is 1410 g/mol. The summed E-state index contributed by atoms with van der Waals surface area (Å²) >= 11 is 3.72. The summed E-state index contributed by atoms with van der Waals surface area (Å²) in [5, 5.41) is 7.15. The van der Waals surface area contributed by atoms with E-state index in [1.165, 1.54) is 56.9 Å². The van der Waals surface area contributed by atoms with Gasteiger partial charge in [-0.2, -0.15) is 0 Å². The molecule has 0 bridgehead atoms. The van der Waals surface area contributed by atoms with Crippen LogP contribution in [0.5, 0.6) is 0 Å². The molecule has 0 radical (unpaired) electrons. The van der Waals surface area contributed by atoms with Crippen LogP contribution in [0.3, 0.4) is 0 Å². The van der Waals surface area contributed by atoms with Crippen molar-refractivity contribution >= 4 is 107 Å². The van der Waals surface area contributed by atoms with Crippen molar-refractivity contribution < 1.29 is 0 Å². The van der Waals surface area contributed by atoms with E-state index < -0.39 is 0 Å². The molecule has 524 valence electrons. The van der Waals surface area contributed by atoms with Crippen LogP contribution in [-0.2, 0) is 0 Å². The molecule has 22 aromatic rings. The highest BCUT2D eigenvalue weighted by molar-refractivity contribution is 7.28. The first-order valence-corrected chi connectivity index (χ1v) is 38.9. The van der Waals surface area contributed by atoms with Gasteiger partial charge < -0.3 is 9.13 Å². The molecule has 0 saturated carbocycles. The fraction of sp³-hybridized carbons (Fsp3) is 0. The number of para-hydroxylation sites is 4. The highest BCUT2D eigenvalue weighted by Crippen LogP contribution is 2.50. The van der Waals surface area contributed by atoms with E-state index >= 15 is 0 Å². The maximum Gasteiger partial charge on any atom is 0.164 e. The SMILES string of the molecule is c1ccc(-c2ccc(-c3nc(-c4ccccc4)nc(-c4cccc(-n5c6ccccc6c6sc7c8ccccc8nc(-c8ccccc8)c7c65)c4)n3)cc2)cc1.c1ccc(-c2nc(-c3ccccc3)nc(-c3ccc(-c4ccc(-n5c6ccccc6c6sc7c8ccccc8nc(-c8ccccc8)c7c65)cc4)cc3)n2)cc1. The van der Waals surface area contributed by atoms with Gasteiger partial charge >= 0.3 is 0 Å². The van der Waals surface area contributed by atoms with E-state index in [-0.39, 0.29) is 0 Å². The molecule has 0 amide bonds. The molecule has 0 atom stereocenters. The van der Waals surface area contributed by atoms with E-state index in [0.717, 1.165) is 117 Å². The van der Waals surface area contributed by atoms with Crippen LogP contribution in [0.1, 0.15) is 0 Å². The second-order valence-corrected chi connectivity index (χ2v) is 29.7. The van der Waals surface area contributed by atoms with Crippen LogP contribution < -0.4 is 0 Å². The van der Waals surface area contributed by atoms with Crippen molar-refractivity contribution in [2.75, 3.05) is 0 Å². The van der Waals surface area contributed by atoms with Gasteiger partial charge in [0.25, 0.3) is 0 Å². The molecular formula is C100H62N10S2. The van der Waals surface area contributed by atoms with E-state index in [9.17, 15) is 0 Å². The first-order chi connectivity index (χ1) is 55.5. The monoisotopic (exact) mass is 1470 g/mol. The van der Waals surface area contributed by atoms with Gasteiger partial charge in [0.15, 0.2) is 34.9 Å². The average Bonchev–Trinajstić information content (AvgIpc) is 1.55. The van der Waals surface area contributed by atoms with Crippen molar-refractivity contribution in [3.63, 3.8) is 0 Å². The number of hydrogen-bond acceptors (Lipinski definition) is 10. The quantitative estimate of drug-likeness (QED) is 0.119. The maximum absolute atomic E-state index is 5.33. The standard InChI is InChI=1S/2C50H31N5S/c1-4-15-32(16-5-1)33-27-29-36(30-28-33)49-52-48(35-19-8-3-9-20-35)53-50(54-49)37-21-14-22-38(31-37)55-42-26-13-11-24-40(42)47-45(55)43-44(34-17-6-2-7-18-34)51-41-25-12-10-23-39(41)46(43)56-47;1-4-14-34(15-5-1)44-43-45-47(56-46(43)39-20-10-12-22-41(39)51-44)40-21-11-13-23-42(40)55(45)38-30-28-33(29-31-38)32-24-26-37(27-25-32)50-53-48(35-16-6-2-7-17-35)52-49(54-50)36-18-8-3-9-19-36/h2*1-31H. The number of hydrogen-bond donors (Lipinski definition) is 0. The van der Waals surface area contributed by atoms with Crippen LogP contribution in [-0.4, -0.2) is 49.0 Å². The number of rotatable bonds is 12. The van der Waals surface area contributed by atoms with Gasteiger partial charge in [-0.05, 0) is 70.8 Å². The largest absolute Gasteiger partial charge is 0.308 e. The lowest BCUT2D eigenvalue weighted by Crippen LogP contribution is -2.01. The normalized spacial score (nSPS) is 11.6. The van der Waals surface area contributed by atoms with Gasteiger partial charge in [-0.1, -0.05) is 328 Å². The summed E-state index contributed by atoms with van der Waals surface area (Å²) in [7, 11) is 0. The van der Waals surface area contributed by atoms with E-state index in [0.29, 0.717) is 34.9 Å². The van der Waals surface area contributed by atoms with E-state index in [2.05, 4.69) is 288 Å². The minimum absolute atomic E-state index is 0.614. The predicted octanol–water partition coefficient (Wildman–Crippen LogP) is 26.1. The predicted molar refractivity (Wildman–Crippen MR) is 464 cm³/mol. The summed E-state index contributed by atoms with van der Waals surface area (Å²) in [6.45, 7) is 0. The molecule has 8 heterocycles. The summed E-state index contributed by atoms with van der Waals surface area (Å²) in [6.07, 6.45) is 0. The minimum Gasteiger partial charge on any atom is -0.308 e. The zero-order valence-electron chi connectivity index (χ0n) is 60.1. The Morgan fingerprint density at radius 3 is 0.857 bits per heavy atom. The molecule has 0 aliphatic rings. The van der Waals surface area contributed by atoms with Crippen LogP contribution >= 0.6 is 22.7 Å². The average molecular weight is 1470 g/mol.